The molecule has 23 heavy (non-hydrogen) atoms. The number of carbonyl (C=O) groups excluding carboxylic acids is 1. The molecule has 0 aliphatic rings. The summed E-state index contributed by atoms with van der Waals surface area (Å²) in [6.45, 7) is 0.00755. The van der Waals surface area contributed by atoms with E-state index in [1.54, 1.807) is 32.4 Å². The first-order chi connectivity index (χ1) is 11.0. The van der Waals surface area contributed by atoms with E-state index in [-0.39, 0.29) is 18.8 Å². The molecule has 2 aromatic rings. The Hall–Kier alpha value is -2.12. The highest BCUT2D eigenvalue weighted by molar-refractivity contribution is 7.20. The molecule has 1 heterocycles. The molecule has 0 radical (unpaired) electrons. The molecule has 0 spiro atoms. The molecule has 2 rings (SSSR count). The number of hydrogen-bond donors (Lipinski definition) is 1. The molecule has 0 saturated carbocycles. The lowest BCUT2D eigenvalue weighted by Gasteiger charge is -2.09. The fraction of sp³-hybridized carbons (Fsp3) is 0.375. The largest absolute Gasteiger partial charge is 0.493 e. The lowest BCUT2D eigenvalue weighted by molar-refractivity contribution is -0.143. The van der Waals surface area contributed by atoms with Crippen LogP contribution in [0.5, 0.6) is 11.5 Å². The van der Waals surface area contributed by atoms with E-state index in [0.29, 0.717) is 16.4 Å². The van der Waals surface area contributed by atoms with E-state index in [9.17, 15) is 9.59 Å². The van der Waals surface area contributed by atoms with Crippen molar-refractivity contribution >= 4 is 33.2 Å². The van der Waals surface area contributed by atoms with Gasteiger partial charge in [-0.3, -0.25) is 9.59 Å². The average Bonchev–Trinajstić information content (AvgIpc) is 2.95. The summed E-state index contributed by atoms with van der Waals surface area (Å²) in [5, 5.41) is 9.97. The predicted molar refractivity (Wildman–Crippen MR) is 86.9 cm³/mol. The summed E-state index contributed by atoms with van der Waals surface area (Å²) in [5.41, 5.74) is 0. The predicted octanol–water partition coefficient (Wildman–Crippen LogP) is 2.84. The van der Waals surface area contributed by atoms with Gasteiger partial charge in [0.25, 0.3) is 0 Å². The first-order valence-electron chi connectivity index (χ1n) is 6.90. The molecule has 1 atom stereocenters. The summed E-state index contributed by atoms with van der Waals surface area (Å²) in [6, 6.07) is 5.35. The summed E-state index contributed by atoms with van der Waals surface area (Å²) < 4.78 is 16.2. The highest BCUT2D eigenvalue weighted by Crippen LogP contribution is 2.36. The van der Waals surface area contributed by atoms with E-state index in [0.717, 1.165) is 10.1 Å². The molecule has 1 unspecified atom stereocenters. The van der Waals surface area contributed by atoms with Crippen LogP contribution in [0.15, 0.2) is 18.2 Å². The number of aliphatic carboxylic acids is 1. The number of hydrogen-bond acceptors (Lipinski definition) is 6. The zero-order valence-electron chi connectivity index (χ0n) is 13.1. The van der Waals surface area contributed by atoms with Crippen molar-refractivity contribution < 1.29 is 28.9 Å². The van der Waals surface area contributed by atoms with E-state index >= 15 is 0 Å². The van der Waals surface area contributed by atoms with E-state index in [2.05, 4.69) is 0 Å². The highest BCUT2D eigenvalue weighted by Gasteiger charge is 2.23. The maximum Gasteiger partial charge on any atom is 0.309 e. The monoisotopic (exact) mass is 338 g/mol. The van der Waals surface area contributed by atoms with Gasteiger partial charge in [-0.15, -0.1) is 11.3 Å². The highest BCUT2D eigenvalue weighted by atomic mass is 32.1. The number of rotatable bonds is 8. The lowest BCUT2D eigenvalue weighted by Crippen LogP contribution is -2.22. The molecule has 0 aliphatic heterocycles. The lowest BCUT2D eigenvalue weighted by atomic mass is 10.0. The van der Waals surface area contributed by atoms with Gasteiger partial charge in [-0.25, -0.2) is 0 Å². The third-order valence-electron chi connectivity index (χ3n) is 3.45. The van der Waals surface area contributed by atoms with Gasteiger partial charge in [0.2, 0.25) is 0 Å². The van der Waals surface area contributed by atoms with Crippen LogP contribution in [0.25, 0.3) is 10.1 Å². The fourth-order valence-corrected chi connectivity index (χ4v) is 3.27. The van der Waals surface area contributed by atoms with Gasteiger partial charge in [0.05, 0.1) is 31.6 Å². The van der Waals surface area contributed by atoms with Crippen molar-refractivity contribution in [3.05, 3.63) is 23.1 Å². The van der Waals surface area contributed by atoms with Gasteiger partial charge >= 0.3 is 5.97 Å². The smallest absolute Gasteiger partial charge is 0.309 e. The van der Waals surface area contributed by atoms with Gasteiger partial charge in [-0.05, 0) is 17.5 Å². The number of carbonyl (C=O) groups is 2. The minimum Gasteiger partial charge on any atom is -0.493 e. The number of ketones is 1. The number of carboxylic acid groups (broad SMARTS) is 1. The molecule has 124 valence electrons. The van der Waals surface area contributed by atoms with Crippen molar-refractivity contribution in [2.45, 2.75) is 6.42 Å². The minimum atomic E-state index is -1.04. The fourth-order valence-electron chi connectivity index (χ4n) is 2.25. The van der Waals surface area contributed by atoms with Gasteiger partial charge in [-0.1, -0.05) is 0 Å². The maximum absolute atomic E-state index is 12.3. The summed E-state index contributed by atoms with van der Waals surface area (Å²) in [4.78, 5) is 24.0. The molecular weight excluding hydrogens is 320 g/mol. The molecular formula is C16H18O6S. The number of methoxy groups -OCH3 is 3. The number of ether oxygens (including phenoxy) is 3. The second-order valence-electron chi connectivity index (χ2n) is 4.97. The molecule has 0 amide bonds. The van der Waals surface area contributed by atoms with E-state index in [1.165, 1.54) is 18.4 Å². The Morgan fingerprint density at radius 3 is 2.35 bits per heavy atom. The Morgan fingerprint density at radius 1 is 1.13 bits per heavy atom. The van der Waals surface area contributed by atoms with Crippen LogP contribution >= 0.6 is 11.3 Å². The van der Waals surface area contributed by atoms with E-state index < -0.39 is 11.9 Å². The molecule has 0 fully saturated rings. The third-order valence-corrected chi connectivity index (χ3v) is 4.59. The number of Topliss-reactive ketones (excluding diaryl/α,β-unsaturated/α-hetero) is 1. The Labute approximate surface area is 137 Å². The summed E-state index contributed by atoms with van der Waals surface area (Å²) in [6.07, 6.45) is -0.0930. The molecule has 1 aromatic heterocycles. The average molecular weight is 338 g/mol. The standard InChI is InChI=1S/C16H18O6S/c1-20-8-10(16(18)19)4-11(17)15-6-9-5-12(21-2)13(22-3)7-14(9)23-15/h5-7,10H,4,8H2,1-3H3,(H,18,19). The van der Waals surface area contributed by atoms with Gasteiger partial charge < -0.3 is 19.3 Å². The molecule has 6 nitrogen and oxygen atoms in total. The number of thiophene rings is 1. The Morgan fingerprint density at radius 2 is 1.78 bits per heavy atom. The summed E-state index contributed by atoms with van der Waals surface area (Å²) in [7, 11) is 4.51. The Balaban J connectivity index is 2.29. The Kier molecular flexibility index (Phi) is 5.57. The minimum absolute atomic E-state index is 0.00755. The van der Waals surface area contributed by atoms with Crippen LogP contribution in [0.3, 0.4) is 0 Å². The molecule has 1 aromatic carbocycles. The first-order valence-corrected chi connectivity index (χ1v) is 7.72. The van der Waals surface area contributed by atoms with Crippen LogP contribution in [0.4, 0.5) is 0 Å². The van der Waals surface area contributed by atoms with Gasteiger partial charge in [0.15, 0.2) is 17.3 Å². The van der Waals surface area contributed by atoms with Crippen LogP contribution in [-0.2, 0) is 9.53 Å². The van der Waals surface area contributed by atoms with E-state index in [4.69, 9.17) is 19.3 Å². The SMILES string of the molecule is COCC(CC(=O)c1cc2cc(OC)c(OC)cc2s1)C(=O)O. The number of benzene rings is 1. The van der Waals surface area contributed by atoms with Crippen LogP contribution < -0.4 is 9.47 Å². The van der Waals surface area contributed by atoms with E-state index in [1.807, 2.05) is 0 Å². The normalized spacial score (nSPS) is 12.1. The summed E-state index contributed by atoms with van der Waals surface area (Å²) >= 11 is 1.31. The molecule has 0 aliphatic carbocycles. The first kappa shape index (κ1) is 17.2. The number of carboxylic acids is 1. The molecule has 7 heteroatoms. The second-order valence-corrected chi connectivity index (χ2v) is 6.06. The van der Waals surface area contributed by atoms with Crippen LogP contribution in [0.1, 0.15) is 16.1 Å². The van der Waals surface area contributed by atoms with Crippen LogP contribution in [0, 0.1) is 5.92 Å². The zero-order valence-corrected chi connectivity index (χ0v) is 13.9. The molecule has 0 bridgehead atoms. The second kappa shape index (κ2) is 7.43. The quantitative estimate of drug-likeness (QED) is 0.745. The van der Waals surface area contributed by atoms with Crippen molar-refractivity contribution in [1.82, 2.24) is 0 Å². The maximum atomic E-state index is 12.3. The van der Waals surface area contributed by atoms with Gasteiger partial charge in [0.1, 0.15) is 0 Å². The number of fused-ring (bicyclic) bond motifs is 1. The molecule has 0 saturated heterocycles. The van der Waals surface area contributed by atoms with Gasteiger partial charge in [0, 0.05) is 24.3 Å². The van der Waals surface area contributed by atoms with Crippen molar-refractivity contribution in [2.75, 3.05) is 27.9 Å². The van der Waals surface area contributed by atoms with Crippen molar-refractivity contribution in [3.8, 4) is 11.5 Å². The van der Waals surface area contributed by atoms with Gasteiger partial charge in [-0.2, -0.15) is 0 Å². The van der Waals surface area contributed by atoms with Crippen LogP contribution in [0.2, 0.25) is 0 Å². The summed E-state index contributed by atoms with van der Waals surface area (Å²) in [5.74, 6) is -0.928. The zero-order chi connectivity index (χ0) is 17.0. The van der Waals surface area contributed by atoms with Crippen LogP contribution in [-0.4, -0.2) is 44.8 Å². The third kappa shape index (κ3) is 3.80. The van der Waals surface area contributed by atoms with Crippen molar-refractivity contribution in [2.24, 2.45) is 5.92 Å². The van der Waals surface area contributed by atoms with Crippen molar-refractivity contribution in [1.29, 1.82) is 0 Å². The van der Waals surface area contributed by atoms with Crippen molar-refractivity contribution in [3.63, 3.8) is 0 Å². The topological polar surface area (TPSA) is 82.1 Å². The Bertz CT molecular complexity index is 680. The molecule has 1 N–H and O–H groups in total.